The van der Waals surface area contributed by atoms with Crippen LogP contribution in [0.4, 0.5) is 0 Å². The number of hydrogen-bond donors (Lipinski definition) is 4. The van der Waals surface area contributed by atoms with Gasteiger partial charge in [-0.2, -0.15) is 0 Å². The Labute approximate surface area is 73.4 Å². The van der Waals surface area contributed by atoms with Crippen LogP contribution in [0.1, 0.15) is 6.42 Å². The van der Waals surface area contributed by atoms with E-state index in [0.717, 1.165) is 0 Å². The summed E-state index contributed by atoms with van der Waals surface area (Å²) < 4.78 is 0. The standard InChI is InChI=1S/C7H10O6/c8-2-1-3(9)5(11)7(13)6(12)4(2)10/h2-5,8-11H,1H2. The summed E-state index contributed by atoms with van der Waals surface area (Å²) >= 11 is 0. The number of hydrogen-bond acceptors (Lipinski definition) is 6. The van der Waals surface area contributed by atoms with E-state index in [-0.39, 0.29) is 0 Å². The van der Waals surface area contributed by atoms with Crippen molar-refractivity contribution in [2.75, 3.05) is 0 Å². The monoisotopic (exact) mass is 190 g/mol. The summed E-state index contributed by atoms with van der Waals surface area (Å²) in [5.74, 6) is -2.53. The molecular weight excluding hydrogens is 180 g/mol. The van der Waals surface area contributed by atoms with Gasteiger partial charge >= 0.3 is 0 Å². The maximum atomic E-state index is 10.9. The molecule has 6 nitrogen and oxygen atoms in total. The van der Waals surface area contributed by atoms with Gasteiger partial charge in [-0.1, -0.05) is 0 Å². The van der Waals surface area contributed by atoms with Gasteiger partial charge in [-0.3, -0.25) is 9.59 Å². The van der Waals surface area contributed by atoms with Gasteiger partial charge in [-0.05, 0) is 0 Å². The molecule has 74 valence electrons. The van der Waals surface area contributed by atoms with Gasteiger partial charge in [0.25, 0.3) is 0 Å². The minimum Gasteiger partial charge on any atom is -0.390 e. The third kappa shape index (κ3) is 1.75. The fourth-order valence-corrected chi connectivity index (χ4v) is 1.15. The van der Waals surface area contributed by atoms with Crippen LogP contribution in [0.2, 0.25) is 0 Å². The molecule has 0 aliphatic heterocycles. The lowest BCUT2D eigenvalue weighted by Crippen LogP contribution is -2.39. The van der Waals surface area contributed by atoms with Crippen LogP contribution in [0.5, 0.6) is 0 Å². The summed E-state index contributed by atoms with van der Waals surface area (Å²) in [5.41, 5.74) is 0. The maximum Gasteiger partial charge on any atom is 0.232 e. The predicted octanol–water partition coefficient (Wildman–Crippen LogP) is -3.03. The fraction of sp³-hybridized carbons (Fsp3) is 0.714. The zero-order valence-electron chi connectivity index (χ0n) is 6.62. The second kappa shape index (κ2) is 3.51. The van der Waals surface area contributed by atoms with Crippen molar-refractivity contribution in [2.24, 2.45) is 0 Å². The zero-order chi connectivity index (χ0) is 10.2. The lowest BCUT2D eigenvalue weighted by atomic mass is 10.1. The number of aliphatic hydroxyl groups excluding tert-OH is 4. The zero-order valence-corrected chi connectivity index (χ0v) is 6.62. The lowest BCUT2D eigenvalue weighted by molar-refractivity contribution is -0.148. The highest BCUT2D eigenvalue weighted by atomic mass is 16.4. The molecule has 1 fully saturated rings. The molecule has 0 saturated heterocycles. The molecule has 4 N–H and O–H groups in total. The van der Waals surface area contributed by atoms with E-state index in [9.17, 15) is 9.59 Å². The molecule has 1 aliphatic rings. The van der Waals surface area contributed by atoms with Gasteiger partial charge in [-0.15, -0.1) is 0 Å². The molecule has 1 saturated carbocycles. The molecular formula is C7H10O6. The van der Waals surface area contributed by atoms with Crippen molar-refractivity contribution in [1.29, 1.82) is 0 Å². The van der Waals surface area contributed by atoms with Crippen LogP contribution in [0.25, 0.3) is 0 Å². The summed E-state index contributed by atoms with van der Waals surface area (Å²) in [6, 6.07) is 0. The van der Waals surface area contributed by atoms with Gasteiger partial charge in [-0.25, -0.2) is 0 Å². The topological polar surface area (TPSA) is 115 Å². The summed E-state index contributed by atoms with van der Waals surface area (Å²) in [4.78, 5) is 21.8. The number of aliphatic hydroxyl groups is 4. The first kappa shape index (κ1) is 10.3. The van der Waals surface area contributed by atoms with E-state index in [0.29, 0.717) is 0 Å². The lowest BCUT2D eigenvalue weighted by Gasteiger charge is -2.14. The van der Waals surface area contributed by atoms with Gasteiger partial charge in [0.2, 0.25) is 11.6 Å². The summed E-state index contributed by atoms with van der Waals surface area (Å²) in [5, 5.41) is 36.1. The quantitative estimate of drug-likeness (QED) is 0.238. The Morgan fingerprint density at radius 1 is 0.846 bits per heavy atom. The van der Waals surface area contributed by atoms with Crippen molar-refractivity contribution in [3.63, 3.8) is 0 Å². The van der Waals surface area contributed by atoms with Crippen molar-refractivity contribution in [3.8, 4) is 0 Å². The summed E-state index contributed by atoms with van der Waals surface area (Å²) in [7, 11) is 0. The maximum absolute atomic E-state index is 10.9. The first-order valence-electron chi connectivity index (χ1n) is 3.75. The van der Waals surface area contributed by atoms with E-state index in [1.807, 2.05) is 0 Å². The molecule has 0 aromatic rings. The fourth-order valence-electron chi connectivity index (χ4n) is 1.15. The number of rotatable bonds is 0. The SMILES string of the molecule is O=C1C(=O)C(O)C(O)CC(O)C1O. The Bertz CT molecular complexity index is 213. The normalized spacial score (nSPS) is 41.8. The second-order valence-electron chi connectivity index (χ2n) is 2.99. The average Bonchev–Trinajstić information content (AvgIpc) is 2.15. The smallest absolute Gasteiger partial charge is 0.232 e. The van der Waals surface area contributed by atoms with Crippen molar-refractivity contribution in [3.05, 3.63) is 0 Å². The summed E-state index contributed by atoms with van der Waals surface area (Å²) in [6.07, 6.45) is -7.12. The van der Waals surface area contributed by atoms with Gasteiger partial charge < -0.3 is 20.4 Å². The average molecular weight is 190 g/mol. The largest absolute Gasteiger partial charge is 0.390 e. The van der Waals surface area contributed by atoms with Crippen LogP contribution >= 0.6 is 0 Å². The molecule has 1 aliphatic carbocycles. The van der Waals surface area contributed by atoms with E-state index < -0.39 is 42.4 Å². The number of Topliss-reactive ketones (excluding diaryl/α,β-unsaturated/α-hetero) is 2. The number of carbonyl (C=O) groups is 2. The Morgan fingerprint density at radius 3 is 1.46 bits per heavy atom. The molecule has 13 heavy (non-hydrogen) atoms. The van der Waals surface area contributed by atoms with E-state index in [2.05, 4.69) is 0 Å². The van der Waals surface area contributed by atoms with E-state index in [4.69, 9.17) is 20.4 Å². The number of carbonyl (C=O) groups excluding carboxylic acids is 2. The molecule has 6 heteroatoms. The minimum atomic E-state index is -1.85. The third-order valence-electron chi connectivity index (χ3n) is 1.99. The third-order valence-corrected chi connectivity index (χ3v) is 1.99. The molecule has 0 radical (unpaired) electrons. The van der Waals surface area contributed by atoms with Crippen molar-refractivity contribution < 1.29 is 30.0 Å². The first-order chi connectivity index (χ1) is 5.95. The first-order valence-corrected chi connectivity index (χ1v) is 3.75. The van der Waals surface area contributed by atoms with E-state index in [1.165, 1.54) is 0 Å². The Morgan fingerprint density at radius 2 is 1.15 bits per heavy atom. The molecule has 4 atom stereocenters. The molecule has 4 unspecified atom stereocenters. The van der Waals surface area contributed by atoms with Crippen LogP contribution < -0.4 is 0 Å². The molecule has 0 aromatic heterocycles. The Hall–Kier alpha value is -0.820. The highest BCUT2D eigenvalue weighted by molar-refractivity contribution is 6.40. The van der Waals surface area contributed by atoms with Crippen molar-refractivity contribution in [1.82, 2.24) is 0 Å². The second-order valence-corrected chi connectivity index (χ2v) is 2.99. The molecule has 1 rings (SSSR count). The van der Waals surface area contributed by atoms with Crippen LogP contribution in [-0.4, -0.2) is 56.4 Å². The van der Waals surface area contributed by atoms with Gasteiger partial charge in [0, 0.05) is 6.42 Å². The molecule has 0 aromatic carbocycles. The molecule has 0 spiro atoms. The van der Waals surface area contributed by atoms with E-state index >= 15 is 0 Å². The molecule has 0 amide bonds. The Kier molecular flexibility index (Phi) is 2.77. The van der Waals surface area contributed by atoms with Gasteiger partial charge in [0.1, 0.15) is 12.2 Å². The van der Waals surface area contributed by atoms with Crippen LogP contribution in [0.15, 0.2) is 0 Å². The van der Waals surface area contributed by atoms with Gasteiger partial charge in [0.05, 0.1) is 12.2 Å². The van der Waals surface area contributed by atoms with Crippen LogP contribution in [0, 0.1) is 0 Å². The van der Waals surface area contributed by atoms with Crippen LogP contribution in [0.3, 0.4) is 0 Å². The Balaban J connectivity index is 2.92. The highest BCUT2D eigenvalue weighted by Gasteiger charge is 2.41. The summed E-state index contributed by atoms with van der Waals surface area (Å²) in [6.45, 7) is 0. The van der Waals surface area contributed by atoms with Gasteiger partial charge in [0.15, 0.2) is 0 Å². The minimum absolute atomic E-state index is 0.403. The predicted molar refractivity (Wildman–Crippen MR) is 38.7 cm³/mol. The van der Waals surface area contributed by atoms with Crippen molar-refractivity contribution >= 4 is 11.6 Å². The van der Waals surface area contributed by atoms with Crippen LogP contribution in [-0.2, 0) is 9.59 Å². The van der Waals surface area contributed by atoms with Crippen molar-refractivity contribution in [2.45, 2.75) is 30.8 Å². The number of ketones is 2. The molecule has 0 bridgehead atoms. The highest BCUT2D eigenvalue weighted by Crippen LogP contribution is 2.14. The van der Waals surface area contributed by atoms with E-state index in [1.54, 1.807) is 0 Å². The molecule has 0 heterocycles.